The number of rotatable bonds is 9. The summed E-state index contributed by atoms with van der Waals surface area (Å²) in [7, 11) is 1.22. The van der Waals surface area contributed by atoms with Gasteiger partial charge >= 0.3 is 11.9 Å². The molecule has 26 heavy (non-hydrogen) atoms. The predicted molar refractivity (Wildman–Crippen MR) is 91.3 cm³/mol. The van der Waals surface area contributed by atoms with Gasteiger partial charge in [-0.25, -0.2) is 14.0 Å². The molecular weight excluding hydrogens is 369 g/mol. The Morgan fingerprint density at radius 2 is 1.96 bits per heavy atom. The second kappa shape index (κ2) is 10.6. The molecule has 1 N–H and O–H groups in total. The molecule has 1 rings (SSSR count). The van der Waals surface area contributed by atoms with Gasteiger partial charge in [0.2, 0.25) is 0 Å². The molecular formula is C17H21ClFNO6. The van der Waals surface area contributed by atoms with Crippen LogP contribution in [0.2, 0.25) is 5.02 Å². The van der Waals surface area contributed by atoms with Crippen molar-refractivity contribution in [2.45, 2.75) is 26.3 Å². The highest BCUT2D eigenvalue weighted by Crippen LogP contribution is 2.24. The first-order valence-electron chi connectivity index (χ1n) is 7.89. The topological polar surface area (TPSA) is 90.9 Å². The minimum Gasteiger partial charge on any atom is -0.480 e. The van der Waals surface area contributed by atoms with E-state index in [2.05, 4.69) is 10.1 Å². The molecule has 2 atom stereocenters. The van der Waals surface area contributed by atoms with Gasteiger partial charge in [0.25, 0.3) is 5.91 Å². The Labute approximate surface area is 155 Å². The van der Waals surface area contributed by atoms with E-state index >= 15 is 0 Å². The molecule has 0 saturated heterocycles. The van der Waals surface area contributed by atoms with E-state index in [1.54, 1.807) is 6.92 Å². The first kappa shape index (κ1) is 21.7. The fourth-order valence-corrected chi connectivity index (χ4v) is 2.15. The van der Waals surface area contributed by atoms with Crippen LogP contribution in [-0.2, 0) is 23.9 Å². The highest BCUT2D eigenvalue weighted by molar-refractivity contribution is 6.32. The second-order valence-corrected chi connectivity index (χ2v) is 5.89. The maximum absolute atomic E-state index is 12.9. The minimum absolute atomic E-state index is 0.00464. The van der Waals surface area contributed by atoms with Gasteiger partial charge < -0.3 is 19.5 Å². The van der Waals surface area contributed by atoms with E-state index in [1.807, 2.05) is 6.92 Å². The number of halogens is 2. The number of methoxy groups -OCH3 is 1. The van der Waals surface area contributed by atoms with Crippen molar-refractivity contribution in [3.8, 4) is 5.75 Å². The van der Waals surface area contributed by atoms with Crippen LogP contribution in [0.4, 0.5) is 4.39 Å². The van der Waals surface area contributed by atoms with Crippen LogP contribution >= 0.6 is 11.6 Å². The zero-order chi connectivity index (χ0) is 19.7. The summed E-state index contributed by atoms with van der Waals surface area (Å²) in [4.78, 5) is 35.2. The number of hydrogen-bond donors (Lipinski definition) is 1. The van der Waals surface area contributed by atoms with Crippen LogP contribution in [0.3, 0.4) is 0 Å². The highest BCUT2D eigenvalue weighted by atomic mass is 35.5. The Morgan fingerprint density at radius 1 is 1.27 bits per heavy atom. The molecule has 1 aromatic rings. The molecule has 0 aliphatic rings. The van der Waals surface area contributed by atoms with E-state index in [4.69, 9.17) is 21.1 Å². The molecule has 0 fully saturated rings. The number of ether oxygens (including phenoxy) is 3. The summed E-state index contributed by atoms with van der Waals surface area (Å²) in [5, 5.41) is 2.47. The Bertz CT molecular complexity index is 654. The van der Waals surface area contributed by atoms with Crippen LogP contribution in [0.25, 0.3) is 0 Å². The lowest BCUT2D eigenvalue weighted by Crippen LogP contribution is -2.47. The lowest BCUT2D eigenvalue weighted by Gasteiger charge is -2.21. The van der Waals surface area contributed by atoms with Crippen LogP contribution in [0.5, 0.6) is 5.75 Å². The van der Waals surface area contributed by atoms with Crippen molar-refractivity contribution in [3.63, 3.8) is 0 Å². The van der Waals surface area contributed by atoms with E-state index in [1.165, 1.54) is 13.2 Å². The van der Waals surface area contributed by atoms with Crippen LogP contribution in [0.15, 0.2) is 18.2 Å². The molecule has 0 saturated carbocycles. The number of carbonyl (C=O) groups excluding carboxylic acids is 3. The quantitative estimate of drug-likeness (QED) is 0.650. The van der Waals surface area contributed by atoms with Gasteiger partial charge in [-0.05, 0) is 24.1 Å². The molecule has 0 aliphatic heterocycles. The Kier molecular flexibility index (Phi) is 8.84. The molecule has 0 unspecified atom stereocenters. The van der Waals surface area contributed by atoms with Crippen molar-refractivity contribution < 1.29 is 33.0 Å². The first-order valence-corrected chi connectivity index (χ1v) is 8.26. The molecule has 144 valence electrons. The maximum atomic E-state index is 12.9. The van der Waals surface area contributed by atoms with Crippen molar-refractivity contribution in [1.82, 2.24) is 5.32 Å². The Hall–Kier alpha value is -2.35. The fourth-order valence-electron chi connectivity index (χ4n) is 1.93. The van der Waals surface area contributed by atoms with Gasteiger partial charge in [-0.2, -0.15) is 0 Å². The van der Waals surface area contributed by atoms with Gasteiger partial charge in [-0.3, -0.25) is 4.79 Å². The molecule has 0 bridgehead atoms. The van der Waals surface area contributed by atoms with E-state index in [0.29, 0.717) is 6.42 Å². The zero-order valence-corrected chi connectivity index (χ0v) is 15.5. The number of amides is 1. The second-order valence-electron chi connectivity index (χ2n) is 5.48. The van der Waals surface area contributed by atoms with Crippen molar-refractivity contribution >= 4 is 29.4 Å². The number of hydrogen-bond acceptors (Lipinski definition) is 6. The van der Waals surface area contributed by atoms with Gasteiger partial charge in [0.1, 0.15) is 17.6 Å². The largest absolute Gasteiger partial charge is 0.480 e. The number of nitrogens with one attached hydrogen (secondary N) is 1. The van der Waals surface area contributed by atoms with Gasteiger partial charge in [-0.15, -0.1) is 0 Å². The van der Waals surface area contributed by atoms with Crippen molar-refractivity contribution in [2.24, 2.45) is 5.92 Å². The van der Waals surface area contributed by atoms with Crippen LogP contribution in [-0.4, -0.2) is 44.2 Å². The summed E-state index contributed by atoms with van der Waals surface area (Å²) in [6, 6.07) is 2.61. The van der Waals surface area contributed by atoms with Gasteiger partial charge in [0.05, 0.1) is 12.1 Å². The van der Waals surface area contributed by atoms with Gasteiger partial charge in [0, 0.05) is 0 Å². The monoisotopic (exact) mass is 389 g/mol. The molecule has 0 aliphatic carbocycles. The summed E-state index contributed by atoms with van der Waals surface area (Å²) in [6.45, 7) is 2.56. The minimum atomic E-state index is -0.828. The molecule has 1 amide bonds. The van der Waals surface area contributed by atoms with Crippen LogP contribution < -0.4 is 10.1 Å². The molecule has 7 nitrogen and oxygen atoms in total. The average Bonchev–Trinajstić information content (AvgIpc) is 2.62. The smallest absolute Gasteiger partial charge is 0.344 e. The van der Waals surface area contributed by atoms with Crippen molar-refractivity contribution in [1.29, 1.82) is 0 Å². The third-order valence-corrected chi connectivity index (χ3v) is 3.88. The molecule has 0 heterocycles. The van der Waals surface area contributed by atoms with Crippen LogP contribution in [0, 0.1) is 11.7 Å². The third kappa shape index (κ3) is 6.87. The van der Waals surface area contributed by atoms with Gasteiger partial charge in [-0.1, -0.05) is 31.9 Å². The molecule has 0 aromatic heterocycles. The van der Waals surface area contributed by atoms with E-state index in [9.17, 15) is 18.8 Å². The molecule has 1 aromatic carbocycles. The molecule has 0 spiro atoms. The number of benzene rings is 1. The van der Waals surface area contributed by atoms with Crippen molar-refractivity contribution in [2.75, 3.05) is 20.3 Å². The van der Waals surface area contributed by atoms with E-state index < -0.39 is 42.9 Å². The zero-order valence-electron chi connectivity index (χ0n) is 14.7. The lowest BCUT2D eigenvalue weighted by molar-refractivity contribution is -0.152. The lowest BCUT2D eigenvalue weighted by atomic mass is 9.99. The Morgan fingerprint density at radius 3 is 2.54 bits per heavy atom. The summed E-state index contributed by atoms with van der Waals surface area (Å²) in [5.74, 6) is -2.62. The summed E-state index contributed by atoms with van der Waals surface area (Å²) in [5.41, 5.74) is 0. The van der Waals surface area contributed by atoms with Crippen LogP contribution in [0.1, 0.15) is 20.3 Å². The standard InChI is InChI=1S/C17H21ClFNO6/c1-4-10(2)16(17(23)24-3)20-14(21)8-26-15(22)9-25-13-6-5-11(19)7-12(13)18/h5-7,10,16H,4,8-9H2,1-3H3,(H,20,21)/t10-,16-/m0/s1. The van der Waals surface area contributed by atoms with Gasteiger partial charge in [0.15, 0.2) is 13.2 Å². The predicted octanol–water partition coefficient (Wildman–Crippen LogP) is 2.10. The fraction of sp³-hybridized carbons (Fsp3) is 0.471. The first-order chi connectivity index (χ1) is 12.3. The number of carbonyl (C=O) groups is 3. The summed E-state index contributed by atoms with van der Waals surface area (Å²) in [6.07, 6.45) is 0.645. The van der Waals surface area contributed by atoms with E-state index in [0.717, 1.165) is 12.1 Å². The highest BCUT2D eigenvalue weighted by Gasteiger charge is 2.26. The maximum Gasteiger partial charge on any atom is 0.344 e. The van der Waals surface area contributed by atoms with Crippen molar-refractivity contribution in [3.05, 3.63) is 29.0 Å². The SMILES string of the molecule is CC[C@H](C)[C@H](NC(=O)COC(=O)COc1ccc(F)cc1Cl)C(=O)OC. The molecule has 9 heteroatoms. The number of esters is 2. The summed E-state index contributed by atoms with van der Waals surface area (Å²) < 4.78 is 27.4. The Balaban J connectivity index is 2.45. The summed E-state index contributed by atoms with van der Waals surface area (Å²) >= 11 is 5.76. The molecule has 0 radical (unpaired) electrons. The third-order valence-electron chi connectivity index (χ3n) is 3.59. The normalized spacial score (nSPS) is 12.7. The average molecular weight is 390 g/mol. The van der Waals surface area contributed by atoms with E-state index in [-0.39, 0.29) is 16.7 Å².